The van der Waals surface area contributed by atoms with Crippen LogP contribution in [0.3, 0.4) is 0 Å². The molecule has 0 saturated carbocycles. The highest BCUT2D eigenvalue weighted by molar-refractivity contribution is 7.80. The first-order valence-corrected chi connectivity index (χ1v) is 11.5. The number of aromatic nitrogens is 4. The molecular formula is C25H27ClN6S. The first kappa shape index (κ1) is 23.0. The highest BCUT2D eigenvalue weighted by Crippen LogP contribution is 2.24. The van der Waals surface area contributed by atoms with Crippen molar-refractivity contribution in [1.29, 1.82) is 0 Å². The highest BCUT2D eigenvalue weighted by Gasteiger charge is 2.16. The van der Waals surface area contributed by atoms with Crippen LogP contribution in [0.25, 0.3) is 0 Å². The largest absolute Gasteiger partial charge is 0.329 e. The molecule has 0 unspecified atom stereocenters. The number of aryl methyl sites for hydroxylation is 2. The Bertz CT molecular complexity index is 1290. The lowest BCUT2D eigenvalue weighted by molar-refractivity contribution is 0.659. The maximum absolute atomic E-state index is 6.13. The second-order valence-corrected chi connectivity index (χ2v) is 8.95. The summed E-state index contributed by atoms with van der Waals surface area (Å²) in [7, 11) is 0. The van der Waals surface area contributed by atoms with Gasteiger partial charge in [-0.25, -0.2) is 0 Å². The van der Waals surface area contributed by atoms with Crippen LogP contribution >= 0.6 is 23.8 Å². The Labute approximate surface area is 204 Å². The lowest BCUT2D eigenvalue weighted by Gasteiger charge is -2.12. The Kier molecular flexibility index (Phi) is 6.81. The van der Waals surface area contributed by atoms with E-state index in [0.717, 1.165) is 44.7 Å². The number of rotatable bonds is 6. The number of nitrogens with one attached hydrogen (secondary N) is 2. The second-order valence-electron chi connectivity index (χ2n) is 8.10. The van der Waals surface area contributed by atoms with Gasteiger partial charge in [0.05, 0.1) is 47.2 Å². The number of halogens is 1. The van der Waals surface area contributed by atoms with Crippen molar-refractivity contribution in [1.82, 2.24) is 19.6 Å². The zero-order chi connectivity index (χ0) is 23.5. The predicted octanol–water partition coefficient (Wildman–Crippen LogP) is 5.87. The molecule has 0 fully saturated rings. The number of thiocarbonyl (C=S) groups is 1. The van der Waals surface area contributed by atoms with E-state index in [0.29, 0.717) is 18.2 Å². The summed E-state index contributed by atoms with van der Waals surface area (Å²) in [6, 6.07) is 18.1. The van der Waals surface area contributed by atoms with E-state index in [2.05, 4.69) is 27.9 Å². The molecule has 0 aliphatic carbocycles. The quantitative estimate of drug-likeness (QED) is 0.339. The summed E-state index contributed by atoms with van der Waals surface area (Å²) in [4.78, 5) is 0. The molecule has 6 nitrogen and oxygen atoms in total. The van der Waals surface area contributed by atoms with Crippen LogP contribution in [0.4, 0.5) is 11.4 Å². The molecule has 8 heteroatoms. The molecule has 0 radical (unpaired) electrons. The van der Waals surface area contributed by atoms with Crippen molar-refractivity contribution in [3.63, 3.8) is 0 Å². The molecular weight excluding hydrogens is 452 g/mol. The Balaban J connectivity index is 1.48. The van der Waals surface area contributed by atoms with E-state index < -0.39 is 0 Å². The molecule has 2 heterocycles. The molecule has 33 heavy (non-hydrogen) atoms. The topological polar surface area (TPSA) is 59.7 Å². The maximum Gasteiger partial charge on any atom is 0.175 e. The molecule has 4 rings (SSSR count). The van der Waals surface area contributed by atoms with Gasteiger partial charge in [-0.1, -0.05) is 54.1 Å². The van der Waals surface area contributed by atoms with Gasteiger partial charge in [0.2, 0.25) is 0 Å². The van der Waals surface area contributed by atoms with Crippen LogP contribution in [0.15, 0.2) is 54.6 Å². The fourth-order valence-corrected chi connectivity index (χ4v) is 4.30. The molecule has 170 valence electrons. The molecule has 0 aliphatic heterocycles. The van der Waals surface area contributed by atoms with Crippen molar-refractivity contribution in [3.8, 4) is 0 Å². The number of nitrogens with zero attached hydrogens (tertiary/aromatic N) is 4. The van der Waals surface area contributed by atoms with Crippen LogP contribution in [0, 0.1) is 27.7 Å². The molecule has 4 aromatic rings. The van der Waals surface area contributed by atoms with Crippen molar-refractivity contribution < 1.29 is 0 Å². The summed E-state index contributed by atoms with van der Waals surface area (Å²) in [5, 5.41) is 17.3. The van der Waals surface area contributed by atoms with Crippen molar-refractivity contribution in [2.45, 2.75) is 40.8 Å². The van der Waals surface area contributed by atoms with Gasteiger partial charge >= 0.3 is 0 Å². The third kappa shape index (κ3) is 5.26. The van der Waals surface area contributed by atoms with Crippen LogP contribution in [-0.2, 0) is 13.1 Å². The van der Waals surface area contributed by atoms with Gasteiger partial charge < -0.3 is 10.6 Å². The lowest BCUT2D eigenvalue weighted by atomic mass is 10.2. The first-order valence-electron chi connectivity index (χ1n) is 10.8. The molecule has 0 amide bonds. The van der Waals surface area contributed by atoms with E-state index in [1.165, 1.54) is 5.56 Å². The van der Waals surface area contributed by atoms with Crippen LogP contribution in [-0.4, -0.2) is 24.7 Å². The van der Waals surface area contributed by atoms with E-state index in [-0.39, 0.29) is 0 Å². The van der Waals surface area contributed by atoms with Crippen LogP contribution in [0.5, 0.6) is 0 Å². The van der Waals surface area contributed by atoms with Crippen LogP contribution in [0.2, 0.25) is 5.02 Å². The monoisotopic (exact) mass is 478 g/mol. The molecule has 2 aromatic heterocycles. The van der Waals surface area contributed by atoms with Crippen molar-refractivity contribution in [3.05, 3.63) is 93.5 Å². The number of anilines is 2. The van der Waals surface area contributed by atoms with Crippen molar-refractivity contribution in [2.75, 3.05) is 10.6 Å². The van der Waals surface area contributed by atoms with E-state index in [9.17, 15) is 0 Å². The van der Waals surface area contributed by atoms with Gasteiger partial charge in [-0.05, 0) is 63.2 Å². The van der Waals surface area contributed by atoms with E-state index in [1.54, 1.807) is 0 Å². The zero-order valence-electron chi connectivity index (χ0n) is 19.2. The van der Waals surface area contributed by atoms with Gasteiger partial charge in [0.25, 0.3) is 0 Å². The Morgan fingerprint density at radius 1 is 0.788 bits per heavy atom. The molecule has 0 aliphatic rings. The van der Waals surface area contributed by atoms with Crippen molar-refractivity contribution >= 4 is 40.3 Å². The Morgan fingerprint density at radius 2 is 1.30 bits per heavy atom. The minimum Gasteiger partial charge on any atom is -0.329 e. The average Bonchev–Trinajstić information content (AvgIpc) is 3.19. The summed E-state index contributed by atoms with van der Waals surface area (Å²) in [6.45, 7) is 9.39. The van der Waals surface area contributed by atoms with Gasteiger partial charge in [-0.3, -0.25) is 9.36 Å². The normalized spacial score (nSPS) is 10.9. The number of hydrogen-bond acceptors (Lipinski definition) is 3. The minimum atomic E-state index is 0.508. The smallest absolute Gasteiger partial charge is 0.175 e. The van der Waals surface area contributed by atoms with E-state index >= 15 is 0 Å². The third-order valence-electron chi connectivity index (χ3n) is 5.64. The van der Waals surface area contributed by atoms with Crippen LogP contribution < -0.4 is 10.6 Å². The van der Waals surface area contributed by atoms with Gasteiger partial charge in [0.1, 0.15) is 0 Å². The fraction of sp³-hybridized carbons (Fsp3) is 0.240. The third-order valence-corrected chi connectivity index (χ3v) is 6.08. The Morgan fingerprint density at radius 3 is 1.85 bits per heavy atom. The van der Waals surface area contributed by atoms with Gasteiger partial charge in [-0.15, -0.1) is 0 Å². The van der Waals surface area contributed by atoms with Gasteiger partial charge in [0, 0.05) is 5.02 Å². The molecule has 2 aromatic carbocycles. The molecule has 2 N–H and O–H groups in total. The fourth-order valence-electron chi connectivity index (χ4n) is 3.89. The van der Waals surface area contributed by atoms with Gasteiger partial charge in [0.15, 0.2) is 5.11 Å². The summed E-state index contributed by atoms with van der Waals surface area (Å²) >= 11 is 11.8. The zero-order valence-corrected chi connectivity index (χ0v) is 20.8. The SMILES string of the molecule is Cc1nn(Cc2ccccc2)c(C)c1NC(=S)Nc1c(C)nn(Cc2cccc(Cl)c2)c1C. The summed E-state index contributed by atoms with van der Waals surface area (Å²) in [6.07, 6.45) is 0. The highest BCUT2D eigenvalue weighted by atomic mass is 35.5. The second kappa shape index (κ2) is 9.77. The molecule has 0 bridgehead atoms. The number of hydrogen-bond donors (Lipinski definition) is 2. The van der Waals surface area contributed by atoms with E-state index in [1.807, 2.05) is 79.5 Å². The summed E-state index contributed by atoms with van der Waals surface area (Å²) < 4.78 is 3.95. The lowest BCUT2D eigenvalue weighted by Crippen LogP contribution is -2.21. The summed E-state index contributed by atoms with van der Waals surface area (Å²) in [5.41, 5.74) is 7.94. The average molecular weight is 479 g/mol. The minimum absolute atomic E-state index is 0.508. The number of benzene rings is 2. The van der Waals surface area contributed by atoms with Crippen molar-refractivity contribution in [2.24, 2.45) is 0 Å². The van der Waals surface area contributed by atoms with Crippen LogP contribution in [0.1, 0.15) is 33.9 Å². The maximum atomic E-state index is 6.13. The molecule has 0 spiro atoms. The molecule has 0 saturated heterocycles. The predicted molar refractivity (Wildman–Crippen MR) is 139 cm³/mol. The van der Waals surface area contributed by atoms with Gasteiger partial charge in [-0.2, -0.15) is 10.2 Å². The molecule has 0 atom stereocenters. The standard InChI is InChI=1S/C25H27ClN6S/c1-16-23(18(3)31(29-16)14-20-9-6-5-7-10-20)27-25(33)28-24-17(2)30-32(19(24)4)15-21-11-8-12-22(26)13-21/h5-13H,14-15H2,1-4H3,(H2,27,28,33). The van der Waals surface area contributed by atoms with E-state index in [4.69, 9.17) is 28.9 Å². The first-order chi connectivity index (χ1) is 15.8. The Hall–Kier alpha value is -3.16. The summed E-state index contributed by atoms with van der Waals surface area (Å²) in [5.74, 6) is 0.